The molecule has 0 aromatic heterocycles. The predicted molar refractivity (Wildman–Crippen MR) is 115 cm³/mol. The first-order chi connectivity index (χ1) is 13.2. The number of ether oxygens (including phenoxy) is 2. The van der Waals surface area contributed by atoms with E-state index in [9.17, 15) is 4.39 Å². The van der Waals surface area contributed by atoms with E-state index in [2.05, 4.69) is 34.0 Å². The van der Waals surface area contributed by atoms with Crippen molar-refractivity contribution in [3.8, 4) is 11.5 Å². The van der Waals surface area contributed by atoms with Crippen LogP contribution in [0.4, 0.5) is 10.1 Å². The Balaban J connectivity index is 1.73. The first kappa shape index (κ1) is 19.5. The maximum Gasteiger partial charge on any atom is 0.174 e. The highest BCUT2D eigenvalue weighted by atomic mass is 127. The number of rotatable bonds is 8. The number of hydrogen-bond donors (Lipinski definition) is 1. The van der Waals surface area contributed by atoms with E-state index in [0.29, 0.717) is 19.8 Å². The fourth-order valence-electron chi connectivity index (χ4n) is 2.63. The highest BCUT2D eigenvalue weighted by Gasteiger charge is 2.12. The topological polar surface area (TPSA) is 30.5 Å². The molecular formula is C22H21FINO2. The van der Waals surface area contributed by atoms with Crippen molar-refractivity contribution < 1.29 is 13.9 Å². The maximum absolute atomic E-state index is 13.0. The first-order valence-corrected chi connectivity index (χ1v) is 9.85. The summed E-state index contributed by atoms with van der Waals surface area (Å²) in [5, 5.41) is 3.30. The van der Waals surface area contributed by atoms with Gasteiger partial charge in [-0.15, -0.1) is 0 Å². The van der Waals surface area contributed by atoms with Crippen LogP contribution >= 0.6 is 22.6 Å². The maximum atomic E-state index is 13.0. The summed E-state index contributed by atoms with van der Waals surface area (Å²) in [5.74, 6) is 1.25. The summed E-state index contributed by atoms with van der Waals surface area (Å²) in [6.07, 6.45) is 0. The Morgan fingerprint density at radius 3 is 2.37 bits per heavy atom. The van der Waals surface area contributed by atoms with E-state index in [1.807, 2.05) is 43.3 Å². The minimum Gasteiger partial charge on any atom is -0.490 e. The second-order valence-electron chi connectivity index (χ2n) is 5.97. The molecule has 0 atom stereocenters. The Morgan fingerprint density at radius 2 is 1.67 bits per heavy atom. The van der Waals surface area contributed by atoms with Crippen LogP contribution in [0.25, 0.3) is 0 Å². The SMILES string of the molecule is CCOc1cc(CNc2ccc(F)cc2)cc(I)c1OCc1ccccc1. The van der Waals surface area contributed by atoms with E-state index in [4.69, 9.17) is 9.47 Å². The third-order valence-corrected chi connectivity index (χ3v) is 4.74. The van der Waals surface area contributed by atoms with E-state index >= 15 is 0 Å². The van der Waals surface area contributed by atoms with Gasteiger partial charge in [-0.2, -0.15) is 0 Å². The molecule has 3 rings (SSSR count). The molecule has 0 aliphatic carbocycles. The Kier molecular flexibility index (Phi) is 6.92. The molecule has 1 N–H and O–H groups in total. The van der Waals surface area contributed by atoms with Crippen LogP contribution in [0, 0.1) is 9.39 Å². The van der Waals surface area contributed by atoms with Gasteiger partial charge in [-0.25, -0.2) is 4.39 Å². The van der Waals surface area contributed by atoms with Gasteiger partial charge in [0.1, 0.15) is 12.4 Å². The number of nitrogens with one attached hydrogen (secondary N) is 1. The third-order valence-electron chi connectivity index (χ3n) is 3.94. The van der Waals surface area contributed by atoms with E-state index in [1.165, 1.54) is 12.1 Å². The van der Waals surface area contributed by atoms with Gasteiger partial charge >= 0.3 is 0 Å². The largest absolute Gasteiger partial charge is 0.490 e. The van der Waals surface area contributed by atoms with Crippen LogP contribution in [-0.2, 0) is 13.2 Å². The Hall–Kier alpha value is -2.28. The van der Waals surface area contributed by atoms with Crippen LogP contribution in [0.1, 0.15) is 18.1 Å². The van der Waals surface area contributed by atoms with Gasteiger partial charge in [0.15, 0.2) is 11.5 Å². The lowest BCUT2D eigenvalue weighted by atomic mass is 10.2. The zero-order valence-corrected chi connectivity index (χ0v) is 17.2. The smallest absolute Gasteiger partial charge is 0.174 e. The minimum absolute atomic E-state index is 0.242. The first-order valence-electron chi connectivity index (χ1n) is 8.77. The molecule has 0 fully saturated rings. The van der Waals surface area contributed by atoms with E-state index in [1.54, 1.807) is 12.1 Å². The lowest BCUT2D eigenvalue weighted by Gasteiger charge is -2.16. The molecule has 3 aromatic rings. The fraction of sp³-hybridized carbons (Fsp3) is 0.182. The van der Waals surface area contributed by atoms with Gasteiger partial charge in [-0.05, 0) is 77.0 Å². The summed E-state index contributed by atoms with van der Waals surface area (Å²) in [7, 11) is 0. The average Bonchev–Trinajstić information content (AvgIpc) is 2.68. The summed E-state index contributed by atoms with van der Waals surface area (Å²) in [5.41, 5.74) is 3.05. The van der Waals surface area contributed by atoms with Gasteiger partial charge in [0, 0.05) is 12.2 Å². The summed E-state index contributed by atoms with van der Waals surface area (Å²) in [6, 6.07) is 20.4. The van der Waals surface area contributed by atoms with Crippen molar-refractivity contribution in [1.82, 2.24) is 0 Å². The summed E-state index contributed by atoms with van der Waals surface area (Å²) >= 11 is 2.27. The molecule has 0 unspecified atom stereocenters. The highest BCUT2D eigenvalue weighted by Crippen LogP contribution is 2.35. The van der Waals surface area contributed by atoms with Gasteiger partial charge in [0.2, 0.25) is 0 Å². The van der Waals surface area contributed by atoms with E-state index in [-0.39, 0.29) is 5.82 Å². The van der Waals surface area contributed by atoms with Gasteiger partial charge < -0.3 is 14.8 Å². The van der Waals surface area contributed by atoms with Gasteiger partial charge in [0.05, 0.1) is 10.2 Å². The van der Waals surface area contributed by atoms with Crippen LogP contribution in [0.15, 0.2) is 66.7 Å². The van der Waals surface area contributed by atoms with Crippen molar-refractivity contribution in [3.63, 3.8) is 0 Å². The van der Waals surface area contributed by atoms with Crippen molar-refractivity contribution >= 4 is 28.3 Å². The Labute approximate surface area is 172 Å². The second kappa shape index (κ2) is 9.60. The number of anilines is 1. The van der Waals surface area contributed by atoms with Crippen molar-refractivity contribution in [2.24, 2.45) is 0 Å². The highest BCUT2D eigenvalue weighted by molar-refractivity contribution is 14.1. The number of benzene rings is 3. The monoisotopic (exact) mass is 477 g/mol. The molecule has 0 heterocycles. The molecule has 0 spiro atoms. The lowest BCUT2D eigenvalue weighted by molar-refractivity contribution is 0.267. The normalized spacial score (nSPS) is 10.5. The Bertz CT molecular complexity index is 869. The van der Waals surface area contributed by atoms with Gasteiger partial charge in [-0.3, -0.25) is 0 Å². The summed E-state index contributed by atoms with van der Waals surface area (Å²) < 4.78 is 25.9. The lowest BCUT2D eigenvalue weighted by Crippen LogP contribution is -2.05. The molecule has 3 nitrogen and oxygen atoms in total. The standard InChI is InChI=1S/C22H21FINO2/c1-2-26-21-13-17(14-25-19-10-8-18(23)9-11-19)12-20(24)22(21)27-15-16-6-4-3-5-7-16/h3-13,25H,2,14-15H2,1H3. The van der Waals surface area contributed by atoms with Crippen molar-refractivity contribution in [3.05, 3.63) is 87.2 Å². The van der Waals surface area contributed by atoms with Crippen molar-refractivity contribution in [1.29, 1.82) is 0 Å². The molecule has 3 aromatic carbocycles. The van der Waals surface area contributed by atoms with Crippen LogP contribution in [0.2, 0.25) is 0 Å². The molecule has 140 valence electrons. The second-order valence-corrected chi connectivity index (χ2v) is 7.13. The van der Waals surface area contributed by atoms with E-state index < -0.39 is 0 Å². The predicted octanol–water partition coefficient (Wildman–Crippen LogP) is 6.02. The molecule has 0 bridgehead atoms. The molecule has 27 heavy (non-hydrogen) atoms. The summed E-state index contributed by atoms with van der Waals surface area (Å²) in [4.78, 5) is 0. The number of halogens is 2. The van der Waals surface area contributed by atoms with Crippen LogP contribution in [0.3, 0.4) is 0 Å². The molecule has 0 aliphatic heterocycles. The molecule has 0 aliphatic rings. The molecule has 5 heteroatoms. The molecule has 0 amide bonds. The summed E-state index contributed by atoms with van der Waals surface area (Å²) in [6.45, 7) is 3.62. The minimum atomic E-state index is -0.242. The Morgan fingerprint density at radius 1 is 0.926 bits per heavy atom. The molecule has 0 radical (unpaired) electrons. The van der Waals surface area contributed by atoms with Crippen LogP contribution in [0.5, 0.6) is 11.5 Å². The van der Waals surface area contributed by atoms with E-state index in [0.717, 1.165) is 31.9 Å². The molecule has 0 saturated carbocycles. The fourth-order valence-corrected chi connectivity index (χ4v) is 3.45. The van der Waals surface area contributed by atoms with Crippen LogP contribution < -0.4 is 14.8 Å². The van der Waals surface area contributed by atoms with Crippen molar-refractivity contribution in [2.75, 3.05) is 11.9 Å². The van der Waals surface area contributed by atoms with Crippen LogP contribution in [-0.4, -0.2) is 6.61 Å². The quantitative estimate of drug-likeness (QED) is 0.403. The van der Waals surface area contributed by atoms with Gasteiger partial charge in [0.25, 0.3) is 0 Å². The average molecular weight is 477 g/mol. The number of hydrogen-bond acceptors (Lipinski definition) is 3. The molecular weight excluding hydrogens is 456 g/mol. The zero-order chi connectivity index (χ0) is 19.1. The van der Waals surface area contributed by atoms with Crippen molar-refractivity contribution in [2.45, 2.75) is 20.1 Å². The molecule has 0 saturated heterocycles. The third kappa shape index (κ3) is 5.60. The van der Waals surface area contributed by atoms with Gasteiger partial charge in [-0.1, -0.05) is 30.3 Å². The zero-order valence-electron chi connectivity index (χ0n) is 15.0.